The number of aryl methyl sites for hydroxylation is 1. The quantitative estimate of drug-likeness (QED) is 0.753. The van der Waals surface area contributed by atoms with Gasteiger partial charge in [0.05, 0.1) is 5.69 Å². The number of fused-ring (bicyclic) bond motifs is 1. The molecule has 2 aromatic heterocycles. The fraction of sp³-hybridized carbons (Fsp3) is 0.316. The Bertz CT molecular complexity index is 757. The maximum absolute atomic E-state index is 4.83. The van der Waals surface area contributed by atoms with E-state index in [-0.39, 0.29) is 0 Å². The van der Waals surface area contributed by atoms with Gasteiger partial charge in [-0.2, -0.15) is 0 Å². The van der Waals surface area contributed by atoms with E-state index in [0.717, 1.165) is 30.1 Å². The minimum atomic E-state index is 0.586. The number of rotatable bonds is 5. The first-order valence-corrected chi connectivity index (χ1v) is 7.89. The second-order valence-corrected chi connectivity index (χ2v) is 6.28. The van der Waals surface area contributed by atoms with Gasteiger partial charge in [0, 0.05) is 12.7 Å². The molecule has 114 valence electrons. The van der Waals surface area contributed by atoms with Crippen molar-refractivity contribution in [1.82, 2.24) is 9.38 Å². The molecule has 0 aliphatic heterocycles. The van der Waals surface area contributed by atoms with Crippen molar-refractivity contribution in [3.63, 3.8) is 0 Å². The highest BCUT2D eigenvalue weighted by Crippen LogP contribution is 2.22. The van der Waals surface area contributed by atoms with Gasteiger partial charge in [-0.05, 0) is 42.5 Å². The van der Waals surface area contributed by atoms with E-state index < -0.39 is 0 Å². The number of nitrogens with zero attached hydrogens (tertiary/aromatic N) is 2. The summed E-state index contributed by atoms with van der Waals surface area (Å²) in [6.45, 7) is 7.38. The highest BCUT2D eigenvalue weighted by Gasteiger charge is 2.13. The van der Waals surface area contributed by atoms with Gasteiger partial charge in [0.2, 0.25) is 0 Å². The number of aromatic nitrogens is 2. The molecular formula is C19H23N3. The molecule has 0 aliphatic rings. The van der Waals surface area contributed by atoms with Crippen LogP contribution < -0.4 is 5.32 Å². The van der Waals surface area contributed by atoms with Gasteiger partial charge >= 0.3 is 0 Å². The Labute approximate surface area is 132 Å². The van der Waals surface area contributed by atoms with Crippen molar-refractivity contribution in [3.8, 4) is 0 Å². The molecule has 0 amide bonds. The normalized spacial score (nSPS) is 11.3. The summed E-state index contributed by atoms with van der Waals surface area (Å²) in [6.07, 6.45) is 3.09. The lowest BCUT2D eigenvalue weighted by molar-refractivity contribution is 0.638. The Kier molecular flexibility index (Phi) is 4.14. The average molecular weight is 293 g/mol. The van der Waals surface area contributed by atoms with Crippen LogP contribution >= 0.6 is 0 Å². The fourth-order valence-corrected chi connectivity index (χ4v) is 2.69. The molecule has 0 spiro atoms. The molecule has 0 bridgehead atoms. The first-order valence-electron chi connectivity index (χ1n) is 7.89. The molecule has 1 N–H and O–H groups in total. The summed E-state index contributed by atoms with van der Waals surface area (Å²) in [6, 6.07) is 14.7. The largest absolute Gasteiger partial charge is 0.366 e. The minimum Gasteiger partial charge on any atom is -0.366 e. The predicted molar refractivity (Wildman–Crippen MR) is 92.2 cm³/mol. The topological polar surface area (TPSA) is 29.3 Å². The van der Waals surface area contributed by atoms with E-state index in [2.05, 4.69) is 73.1 Å². The first-order chi connectivity index (χ1) is 10.6. The monoisotopic (exact) mass is 293 g/mol. The molecule has 0 radical (unpaired) electrons. The third kappa shape index (κ3) is 3.14. The van der Waals surface area contributed by atoms with Gasteiger partial charge in [0.1, 0.15) is 11.5 Å². The van der Waals surface area contributed by atoms with E-state index in [0.29, 0.717) is 5.92 Å². The second kappa shape index (κ2) is 6.22. The Hall–Kier alpha value is -2.29. The summed E-state index contributed by atoms with van der Waals surface area (Å²) in [4.78, 5) is 4.83. The standard InChI is InChI=1S/C19H23N3/c1-14(2)11-17-19(20-13-16-7-5-4-6-8-16)22-10-9-15(3)12-18(22)21-17/h4-10,12,14,20H,11,13H2,1-3H3. The Morgan fingerprint density at radius 3 is 2.64 bits per heavy atom. The van der Waals surface area contributed by atoms with Crippen LogP contribution in [0.2, 0.25) is 0 Å². The molecule has 0 saturated heterocycles. The van der Waals surface area contributed by atoms with Crippen molar-refractivity contribution >= 4 is 11.5 Å². The van der Waals surface area contributed by atoms with Crippen molar-refractivity contribution in [1.29, 1.82) is 0 Å². The van der Waals surface area contributed by atoms with Gasteiger partial charge in [-0.25, -0.2) is 4.98 Å². The Morgan fingerprint density at radius 2 is 1.91 bits per heavy atom. The number of hydrogen-bond acceptors (Lipinski definition) is 2. The van der Waals surface area contributed by atoms with Gasteiger partial charge < -0.3 is 5.32 Å². The van der Waals surface area contributed by atoms with E-state index in [4.69, 9.17) is 4.98 Å². The maximum Gasteiger partial charge on any atom is 0.138 e. The number of imidazole rings is 1. The van der Waals surface area contributed by atoms with E-state index in [9.17, 15) is 0 Å². The van der Waals surface area contributed by atoms with Crippen LogP contribution in [-0.2, 0) is 13.0 Å². The van der Waals surface area contributed by atoms with Crippen molar-refractivity contribution in [2.45, 2.75) is 33.7 Å². The van der Waals surface area contributed by atoms with E-state index >= 15 is 0 Å². The molecule has 0 atom stereocenters. The zero-order valence-corrected chi connectivity index (χ0v) is 13.5. The van der Waals surface area contributed by atoms with Crippen LogP contribution in [0.4, 0.5) is 5.82 Å². The molecule has 3 rings (SSSR count). The van der Waals surface area contributed by atoms with Gasteiger partial charge in [-0.3, -0.25) is 4.40 Å². The number of pyridine rings is 1. The van der Waals surface area contributed by atoms with Gasteiger partial charge in [0.15, 0.2) is 0 Å². The maximum atomic E-state index is 4.83. The summed E-state index contributed by atoms with van der Waals surface area (Å²) in [5.74, 6) is 1.70. The van der Waals surface area contributed by atoms with Crippen LogP contribution in [-0.4, -0.2) is 9.38 Å². The second-order valence-electron chi connectivity index (χ2n) is 6.28. The lowest BCUT2D eigenvalue weighted by Crippen LogP contribution is -2.06. The van der Waals surface area contributed by atoms with Gasteiger partial charge in [-0.15, -0.1) is 0 Å². The SMILES string of the molecule is Cc1ccn2c(NCc3ccccc3)c(CC(C)C)nc2c1. The first kappa shape index (κ1) is 14.6. The lowest BCUT2D eigenvalue weighted by Gasteiger charge is -2.10. The summed E-state index contributed by atoms with van der Waals surface area (Å²) >= 11 is 0. The summed E-state index contributed by atoms with van der Waals surface area (Å²) < 4.78 is 2.16. The number of hydrogen-bond donors (Lipinski definition) is 1. The third-order valence-corrected chi connectivity index (χ3v) is 3.76. The van der Waals surface area contributed by atoms with Crippen LogP contribution in [0.5, 0.6) is 0 Å². The molecule has 3 aromatic rings. The van der Waals surface area contributed by atoms with Crippen molar-refractivity contribution in [2.75, 3.05) is 5.32 Å². The van der Waals surface area contributed by atoms with Gasteiger partial charge in [0.25, 0.3) is 0 Å². The zero-order chi connectivity index (χ0) is 15.5. The highest BCUT2D eigenvalue weighted by atomic mass is 15.1. The molecule has 0 fully saturated rings. The fourth-order valence-electron chi connectivity index (χ4n) is 2.69. The number of nitrogens with one attached hydrogen (secondary N) is 1. The van der Waals surface area contributed by atoms with Crippen LogP contribution in [0.3, 0.4) is 0 Å². The summed E-state index contributed by atoms with van der Waals surface area (Å²) in [7, 11) is 0. The van der Waals surface area contributed by atoms with E-state index in [1.165, 1.54) is 11.1 Å². The Balaban J connectivity index is 1.94. The summed E-state index contributed by atoms with van der Waals surface area (Å²) in [5.41, 5.74) is 4.69. The minimum absolute atomic E-state index is 0.586. The highest BCUT2D eigenvalue weighted by molar-refractivity contribution is 5.56. The number of benzene rings is 1. The molecule has 3 heteroatoms. The van der Waals surface area contributed by atoms with Crippen LogP contribution in [0.1, 0.15) is 30.7 Å². The molecule has 1 aromatic carbocycles. The van der Waals surface area contributed by atoms with Gasteiger partial charge in [-0.1, -0.05) is 44.2 Å². The predicted octanol–water partition coefficient (Wildman–Crippen LogP) is 4.45. The van der Waals surface area contributed by atoms with E-state index in [1.807, 2.05) is 6.07 Å². The Morgan fingerprint density at radius 1 is 1.14 bits per heavy atom. The molecule has 0 saturated carbocycles. The molecule has 0 unspecified atom stereocenters. The average Bonchev–Trinajstić information content (AvgIpc) is 2.81. The molecule has 3 nitrogen and oxygen atoms in total. The van der Waals surface area contributed by atoms with Crippen LogP contribution in [0.25, 0.3) is 5.65 Å². The van der Waals surface area contributed by atoms with Crippen LogP contribution in [0.15, 0.2) is 48.7 Å². The molecule has 0 aliphatic carbocycles. The van der Waals surface area contributed by atoms with E-state index in [1.54, 1.807) is 0 Å². The smallest absolute Gasteiger partial charge is 0.138 e. The van der Waals surface area contributed by atoms with Crippen LogP contribution in [0, 0.1) is 12.8 Å². The zero-order valence-electron chi connectivity index (χ0n) is 13.5. The van der Waals surface area contributed by atoms with Crippen molar-refractivity contribution in [3.05, 3.63) is 65.5 Å². The van der Waals surface area contributed by atoms with Crippen molar-refractivity contribution in [2.24, 2.45) is 5.92 Å². The third-order valence-electron chi connectivity index (χ3n) is 3.76. The lowest BCUT2D eigenvalue weighted by atomic mass is 10.1. The number of anilines is 1. The summed E-state index contributed by atoms with van der Waals surface area (Å²) in [5, 5.41) is 3.58. The van der Waals surface area contributed by atoms with Crippen molar-refractivity contribution < 1.29 is 0 Å². The molecular weight excluding hydrogens is 270 g/mol. The molecule has 2 heterocycles. The molecule has 22 heavy (non-hydrogen) atoms.